The van der Waals surface area contributed by atoms with Gasteiger partial charge in [0.2, 0.25) is 0 Å². The quantitative estimate of drug-likeness (QED) is 0.216. The summed E-state index contributed by atoms with van der Waals surface area (Å²) in [5.74, 6) is 2.30. The molecule has 0 amide bonds. The van der Waals surface area contributed by atoms with Crippen molar-refractivity contribution in [1.29, 1.82) is 0 Å². The monoisotopic (exact) mass is 552 g/mol. The zero-order valence-electron chi connectivity index (χ0n) is 23.7. The van der Waals surface area contributed by atoms with Crippen molar-refractivity contribution >= 4 is 21.2 Å². The number of aromatic nitrogens is 4. The zero-order chi connectivity index (χ0) is 28.0. The molecule has 39 heavy (non-hydrogen) atoms. The van der Waals surface area contributed by atoms with E-state index in [-0.39, 0.29) is 18.0 Å². The number of benzene rings is 2. The first-order valence-corrected chi connectivity index (χ1v) is 16.5. The zero-order valence-corrected chi connectivity index (χ0v) is 24.5. The maximum absolute atomic E-state index is 13.6. The molecule has 0 aliphatic heterocycles. The molecule has 0 unspecified atom stereocenters. The lowest BCUT2D eigenvalue weighted by Gasteiger charge is -2.24. The smallest absolute Gasteiger partial charge is 0.332 e. The number of hydrogen-bond donors (Lipinski definition) is 0. The third-order valence-corrected chi connectivity index (χ3v) is 7.82. The Hall–Kier alpha value is -3.30. The Bertz CT molecular complexity index is 1500. The van der Waals surface area contributed by atoms with Crippen molar-refractivity contribution in [2.45, 2.75) is 53.1 Å². The van der Waals surface area contributed by atoms with E-state index in [9.17, 15) is 9.59 Å². The lowest BCUT2D eigenvalue weighted by molar-refractivity contribution is 0.0932. The molecule has 0 radical (unpaired) electrons. The van der Waals surface area contributed by atoms with Crippen molar-refractivity contribution in [3.63, 3.8) is 0 Å². The van der Waals surface area contributed by atoms with Crippen molar-refractivity contribution in [1.82, 2.24) is 18.7 Å². The fourth-order valence-corrected chi connectivity index (χ4v) is 5.01. The normalized spacial score (nSPS) is 12.2. The van der Waals surface area contributed by atoms with Crippen LogP contribution in [0.25, 0.3) is 22.6 Å². The van der Waals surface area contributed by atoms with Gasteiger partial charge in [-0.1, -0.05) is 44.2 Å². The molecule has 4 rings (SSSR count). The SMILES string of the molecule is CCCn1c(=O)c2c(nc(-c3ccc(OCc4ccccc4)cc3)n2COCCS(C)(C)C)n(CCC)c1=O. The summed E-state index contributed by atoms with van der Waals surface area (Å²) in [6.07, 6.45) is 8.19. The molecule has 2 aromatic heterocycles. The molecule has 0 aliphatic rings. The Morgan fingerprint density at radius 2 is 1.51 bits per heavy atom. The van der Waals surface area contributed by atoms with Gasteiger partial charge in [-0.2, -0.15) is 0 Å². The average molecular weight is 553 g/mol. The lowest BCUT2D eigenvalue weighted by atomic mass is 10.2. The summed E-state index contributed by atoms with van der Waals surface area (Å²) in [6, 6.07) is 17.7. The number of rotatable bonds is 13. The van der Waals surface area contributed by atoms with E-state index in [2.05, 4.69) is 18.8 Å². The van der Waals surface area contributed by atoms with Crippen LogP contribution in [0, 0.1) is 0 Å². The fourth-order valence-electron chi connectivity index (χ4n) is 4.39. The van der Waals surface area contributed by atoms with E-state index in [0.717, 1.165) is 29.1 Å². The van der Waals surface area contributed by atoms with Crippen LogP contribution >= 0.6 is 10.0 Å². The molecule has 9 heteroatoms. The second-order valence-corrected chi connectivity index (χ2v) is 15.1. The Morgan fingerprint density at radius 1 is 0.846 bits per heavy atom. The minimum Gasteiger partial charge on any atom is -0.489 e. The van der Waals surface area contributed by atoms with Crippen LogP contribution in [-0.4, -0.2) is 49.8 Å². The second-order valence-electron chi connectivity index (χ2n) is 10.6. The highest BCUT2D eigenvalue weighted by Crippen LogP contribution is 2.33. The maximum atomic E-state index is 13.6. The third kappa shape index (κ3) is 6.83. The number of ether oxygens (including phenoxy) is 2. The van der Waals surface area contributed by atoms with Gasteiger partial charge in [-0.15, -0.1) is 0 Å². The molecular weight excluding hydrogens is 512 g/mol. The molecule has 2 aromatic carbocycles. The molecule has 8 nitrogen and oxygen atoms in total. The summed E-state index contributed by atoms with van der Waals surface area (Å²) in [5, 5.41) is 0. The first kappa shape index (κ1) is 28.7. The van der Waals surface area contributed by atoms with E-state index in [4.69, 9.17) is 14.5 Å². The van der Waals surface area contributed by atoms with Gasteiger partial charge in [-0.05, 0) is 61.4 Å². The van der Waals surface area contributed by atoms with Gasteiger partial charge in [0.1, 0.15) is 24.9 Å². The maximum Gasteiger partial charge on any atom is 0.332 e. The number of imidazole rings is 1. The molecule has 0 saturated carbocycles. The predicted molar refractivity (Wildman–Crippen MR) is 161 cm³/mol. The topological polar surface area (TPSA) is 80.3 Å². The van der Waals surface area contributed by atoms with Crippen LogP contribution in [0.3, 0.4) is 0 Å². The molecule has 4 aromatic rings. The molecule has 0 atom stereocenters. The van der Waals surface area contributed by atoms with Gasteiger partial charge in [-0.25, -0.2) is 19.8 Å². The van der Waals surface area contributed by atoms with Crippen LogP contribution in [0.2, 0.25) is 0 Å². The van der Waals surface area contributed by atoms with E-state index < -0.39 is 10.0 Å². The van der Waals surface area contributed by atoms with Gasteiger partial charge >= 0.3 is 5.69 Å². The van der Waals surface area contributed by atoms with Gasteiger partial charge < -0.3 is 9.47 Å². The summed E-state index contributed by atoms with van der Waals surface area (Å²) in [6.45, 7) is 6.06. The minimum atomic E-state index is -0.717. The highest BCUT2D eigenvalue weighted by Gasteiger charge is 2.22. The van der Waals surface area contributed by atoms with Crippen molar-refractivity contribution in [2.75, 3.05) is 31.1 Å². The molecule has 0 bridgehead atoms. The van der Waals surface area contributed by atoms with Crippen LogP contribution in [0.4, 0.5) is 0 Å². The second kappa shape index (κ2) is 12.7. The van der Waals surface area contributed by atoms with Crippen LogP contribution in [0.1, 0.15) is 32.3 Å². The largest absolute Gasteiger partial charge is 0.489 e. The molecular formula is C30H40N4O4S. The van der Waals surface area contributed by atoms with E-state index in [1.54, 1.807) is 4.57 Å². The van der Waals surface area contributed by atoms with E-state index >= 15 is 0 Å². The van der Waals surface area contributed by atoms with Crippen molar-refractivity contribution in [2.24, 2.45) is 0 Å². The predicted octanol–water partition coefficient (Wildman–Crippen LogP) is 5.09. The van der Waals surface area contributed by atoms with Gasteiger partial charge in [0, 0.05) is 24.4 Å². The Kier molecular flexibility index (Phi) is 9.35. The van der Waals surface area contributed by atoms with Crippen LogP contribution in [0.5, 0.6) is 5.75 Å². The van der Waals surface area contributed by atoms with Gasteiger partial charge in [0.05, 0.1) is 6.61 Å². The Morgan fingerprint density at radius 3 is 2.15 bits per heavy atom. The minimum absolute atomic E-state index is 0.180. The summed E-state index contributed by atoms with van der Waals surface area (Å²) >= 11 is 0. The van der Waals surface area contributed by atoms with Gasteiger partial charge in [0.15, 0.2) is 11.2 Å². The molecule has 0 aliphatic carbocycles. The fraction of sp³-hybridized carbons (Fsp3) is 0.433. The molecule has 2 heterocycles. The summed E-state index contributed by atoms with van der Waals surface area (Å²) in [4.78, 5) is 31.8. The Labute approximate surface area is 231 Å². The first-order chi connectivity index (χ1) is 18.7. The van der Waals surface area contributed by atoms with E-state index in [1.807, 2.05) is 73.0 Å². The lowest BCUT2D eigenvalue weighted by Crippen LogP contribution is -2.40. The van der Waals surface area contributed by atoms with Crippen LogP contribution in [-0.2, 0) is 31.2 Å². The number of aryl methyl sites for hydroxylation is 1. The van der Waals surface area contributed by atoms with Crippen molar-refractivity contribution in [3.8, 4) is 17.1 Å². The number of fused-ring (bicyclic) bond motifs is 1. The standard InChI is InChI=1S/C30H40N4O4S/c1-6-17-32-28-26(29(35)33(18-7-2)30(32)36)34(22-37-19-20-39(3,4)5)27(31-28)24-13-15-25(16-14-24)38-21-23-11-9-8-10-12-23/h8-16H,6-7,17-22H2,1-5H3. The molecule has 210 valence electrons. The summed E-state index contributed by atoms with van der Waals surface area (Å²) in [7, 11) is -0.717. The van der Waals surface area contributed by atoms with Gasteiger partial charge in [0.25, 0.3) is 5.56 Å². The van der Waals surface area contributed by atoms with Crippen molar-refractivity contribution in [3.05, 3.63) is 81.0 Å². The molecule has 0 spiro atoms. The molecule has 0 N–H and O–H groups in total. The van der Waals surface area contributed by atoms with Gasteiger partial charge in [-0.3, -0.25) is 18.5 Å². The first-order valence-electron chi connectivity index (χ1n) is 13.5. The summed E-state index contributed by atoms with van der Waals surface area (Å²) in [5.41, 5.74) is 2.09. The highest BCUT2D eigenvalue weighted by atomic mass is 32.3. The average Bonchev–Trinajstić information content (AvgIpc) is 3.30. The third-order valence-electron chi connectivity index (χ3n) is 6.43. The Balaban J connectivity index is 1.76. The van der Waals surface area contributed by atoms with E-state index in [1.165, 1.54) is 4.57 Å². The number of hydrogen-bond acceptors (Lipinski definition) is 5. The molecule has 0 fully saturated rings. The molecule has 0 saturated heterocycles. The summed E-state index contributed by atoms with van der Waals surface area (Å²) < 4.78 is 16.9. The van der Waals surface area contributed by atoms with Crippen molar-refractivity contribution < 1.29 is 9.47 Å². The van der Waals surface area contributed by atoms with E-state index in [0.29, 0.717) is 49.7 Å². The van der Waals surface area contributed by atoms with Crippen LogP contribution < -0.4 is 16.0 Å². The highest BCUT2D eigenvalue weighted by molar-refractivity contribution is 8.32. The van der Waals surface area contributed by atoms with Crippen LogP contribution in [0.15, 0.2) is 64.2 Å². The number of nitrogens with zero attached hydrogens (tertiary/aromatic N) is 4.